The van der Waals surface area contributed by atoms with E-state index in [0.29, 0.717) is 171 Å². The molecule has 1 saturated heterocycles. The minimum atomic E-state index is -2.05. The molecule has 4 aromatic rings. The van der Waals surface area contributed by atoms with Crippen molar-refractivity contribution >= 4 is 69.9 Å². The highest BCUT2D eigenvalue weighted by Gasteiger charge is 2.52. The average molecular weight is 1550 g/mol. The van der Waals surface area contributed by atoms with Gasteiger partial charge in [-0.2, -0.15) is 0 Å². The van der Waals surface area contributed by atoms with Gasteiger partial charge in [0.05, 0.1) is 161 Å². The van der Waals surface area contributed by atoms with E-state index in [1.54, 1.807) is 57.2 Å². The largest absolute Gasteiger partial charge is 0.458 e. The Bertz CT molecular complexity index is 4000. The lowest BCUT2D eigenvalue weighted by molar-refractivity contribution is -0.172. The van der Waals surface area contributed by atoms with Crippen molar-refractivity contribution in [2.24, 2.45) is 17.8 Å². The summed E-state index contributed by atoms with van der Waals surface area (Å²) in [4.78, 5) is 149. The van der Waals surface area contributed by atoms with E-state index in [1.807, 2.05) is 0 Å². The number of amides is 8. The highest BCUT2D eigenvalue weighted by Crippen LogP contribution is 2.50. The number of rotatable bonds is 49. The molecular weight excluding hydrogens is 1450 g/mol. The van der Waals surface area contributed by atoms with Gasteiger partial charge in [-0.15, -0.1) is 0 Å². The molecule has 2 aromatic heterocycles. The number of ether oxygens (including phenoxy) is 11. The van der Waals surface area contributed by atoms with Gasteiger partial charge in [-0.1, -0.05) is 44.2 Å². The number of nitrogens with zero attached hydrogens (tertiary/aromatic N) is 3. The topological polar surface area (TPSA) is 403 Å². The summed E-state index contributed by atoms with van der Waals surface area (Å²) < 4.78 is 77.9. The Morgan fingerprint density at radius 3 is 1.85 bits per heavy atom. The van der Waals surface area contributed by atoms with Crippen LogP contribution in [0.25, 0.3) is 22.3 Å². The van der Waals surface area contributed by atoms with Crippen molar-refractivity contribution < 1.29 is 110 Å². The van der Waals surface area contributed by atoms with Crippen molar-refractivity contribution in [1.82, 2.24) is 46.4 Å². The molecule has 4 atom stereocenters. The molecule has 3 aliphatic carbocycles. The molecule has 3 fully saturated rings. The number of Topliss-reactive ketones (excluding diaryl/α,β-unsaturated/α-hetero) is 1. The maximum atomic E-state index is 15.6. The summed E-state index contributed by atoms with van der Waals surface area (Å²) in [6, 6.07) is 10.6. The van der Waals surface area contributed by atoms with Crippen molar-refractivity contribution in [3.8, 4) is 11.4 Å². The van der Waals surface area contributed by atoms with Crippen molar-refractivity contribution in [3.05, 3.63) is 97.6 Å². The van der Waals surface area contributed by atoms with Gasteiger partial charge in [0.1, 0.15) is 37.4 Å². The lowest BCUT2D eigenvalue weighted by Gasteiger charge is -2.31. The zero-order valence-corrected chi connectivity index (χ0v) is 63.4. The van der Waals surface area contributed by atoms with E-state index in [-0.39, 0.29) is 124 Å². The number of benzene rings is 2. The summed E-state index contributed by atoms with van der Waals surface area (Å²) in [6.45, 7) is 9.54. The highest BCUT2D eigenvalue weighted by atomic mass is 19.1. The quantitative estimate of drug-likeness (QED) is 0.0126. The number of imide groups is 1. The molecule has 0 bridgehead atoms. The van der Waals surface area contributed by atoms with Crippen molar-refractivity contribution in [3.63, 3.8) is 0 Å². The van der Waals surface area contributed by atoms with Crippen LogP contribution < -0.4 is 37.5 Å². The fourth-order valence-corrected chi connectivity index (χ4v) is 14.5. The number of esters is 1. The van der Waals surface area contributed by atoms with Crippen LogP contribution in [-0.2, 0) is 132 Å². The Morgan fingerprint density at radius 2 is 1.25 bits per heavy atom. The van der Waals surface area contributed by atoms with Crippen LogP contribution in [0.3, 0.4) is 0 Å². The summed E-state index contributed by atoms with van der Waals surface area (Å²) in [7, 11) is 0. The van der Waals surface area contributed by atoms with E-state index in [4.69, 9.17) is 57.1 Å². The Balaban J connectivity index is 0.507. The molecule has 6 aliphatic rings. The van der Waals surface area contributed by atoms with Crippen LogP contribution in [0.15, 0.2) is 47.3 Å². The fourth-order valence-electron chi connectivity index (χ4n) is 14.5. The first-order valence-electron chi connectivity index (χ1n) is 38.4. The molecule has 0 radical (unpaired) electrons. The predicted octanol–water partition coefficient (Wildman–Crippen LogP) is 1.68. The van der Waals surface area contributed by atoms with Gasteiger partial charge in [0, 0.05) is 66.8 Å². The molecule has 111 heavy (non-hydrogen) atoms. The van der Waals surface area contributed by atoms with Gasteiger partial charge >= 0.3 is 5.97 Å². The number of carbonyl (C=O) groups excluding carboxylic acids is 10. The van der Waals surface area contributed by atoms with Gasteiger partial charge in [0.2, 0.25) is 47.3 Å². The van der Waals surface area contributed by atoms with Crippen LogP contribution in [-0.4, -0.2) is 249 Å². The number of likely N-dealkylation sites (tertiary alicyclic amines) is 1. The molecular formula is C78H104FN9O23. The van der Waals surface area contributed by atoms with Crippen LogP contribution in [0.5, 0.6) is 0 Å². The Hall–Kier alpha value is -8.61. The maximum Gasteiger partial charge on any atom is 0.343 e. The minimum Gasteiger partial charge on any atom is -0.458 e. The maximum absolute atomic E-state index is 15.6. The number of hydrogen-bond acceptors (Lipinski definition) is 24. The number of fused-ring (bicyclic) bond motifs is 5. The summed E-state index contributed by atoms with van der Waals surface area (Å²) in [5.74, 6) is -5.44. The molecule has 10 rings (SSSR count). The molecule has 7 N–H and O–H groups in total. The number of cyclic esters (lactones) is 1. The number of aryl methyl sites for hydroxylation is 1. The number of nitrogens with one attached hydrogen (secondary N) is 6. The number of aliphatic hydroxyl groups is 1. The number of carbonyl (C=O) groups is 10. The van der Waals surface area contributed by atoms with Crippen LogP contribution >= 0.6 is 0 Å². The third-order valence-corrected chi connectivity index (χ3v) is 20.9. The number of hydrogen-bond donors (Lipinski definition) is 7. The van der Waals surface area contributed by atoms with Crippen LogP contribution in [0.2, 0.25) is 0 Å². The summed E-state index contributed by atoms with van der Waals surface area (Å²) in [6.07, 6.45) is 5.15. The second kappa shape index (κ2) is 41.8. The van der Waals surface area contributed by atoms with E-state index in [1.165, 1.54) is 15.5 Å². The van der Waals surface area contributed by atoms with E-state index < -0.39 is 83.8 Å². The zero-order chi connectivity index (χ0) is 78.9. The van der Waals surface area contributed by atoms with E-state index in [9.17, 15) is 57.8 Å². The van der Waals surface area contributed by atoms with Crippen LogP contribution in [0.1, 0.15) is 123 Å². The molecule has 2 aromatic carbocycles. The van der Waals surface area contributed by atoms with Gasteiger partial charge in [-0.05, 0) is 105 Å². The smallest absolute Gasteiger partial charge is 0.343 e. The lowest BCUT2D eigenvalue weighted by atomic mass is 9.76. The molecule has 606 valence electrons. The highest BCUT2D eigenvalue weighted by molar-refractivity contribution is 6.03. The molecule has 5 heterocycles. The molecule has 3 aliphatic heterocycles. The van der Waals surface area contributed by atoms with E-state index >= 15 is 4.39 Å². The Kier molecular flexibility index (Phi) is 31.9. The standard InChI is InChI=1S/C78H104FN9O23/c1-4-78(100)58-39-62-71-56(45-87(62)75(98)57(58)46-110-76(78)99)69-54(14-15-55-50(3)59(79)40-60(86-71)70(55)69)38-63(89)77(16-17-77)111-48-84-65(91)42-83-73(96)61(37-51-8-6-5-7-9-51)85-66(92)43-81-64(90)41-82-67(93)47-109-35-34-108-33-32-107-31-30-106-29-28-105-27-26-104-25-24-103-23-22-102-21-20-101-19-18-80-72(95)53-12-10-52(11-13-53)44-88-68(94)36-49(2)74(88)97/h5-9,39-40,49,52-54,61,100H,4,10-38,41-48H2,1-3H3,(H,80,95)(H,81,90)(H,82,93)(H,83,96)(H,84,91)(H,85,92)/t49?,52?,53?,54-,61+,78+/m1/s1. The average Bonchev–Trinajstić information content (AvgIpc) is 1.58. The number of halogens is 1. The molecule has 8 amide bonds. The molecule has 2 saturated carbocycles. The van der Waals surface area contributed by atoms with Gasteiger partial charge < -0.3 is 93.7 Å². The zero-order valence-electron chi connectivity index (χ0n) is 63.4. The van der Waals surface area contributed by atoms with E-state index in [0.717, 1.165) is 42.2 Å². The van der Waals surface area contributed by atoms with Gasteiger partial charge in [-0.3, -0.25) is 52.8 Å². The third-order valence-electron chi connectivity index (χ3n) is 20.9. The molecule has 33 heteroatoms. The lowest BCUT2D eigenvalue weighted by Crippen LogP contribution is -2.52. The Morgan fingerprint density at radius 1 is 0.676 bits per heavy atom. The van der Waals surface area contributed by atoms with Gasteiger partial charge in [-0.25, -0.2) is 14.2 Å². The first kappa shape index (κ1) is 84.8. The Labute approximate surface area is 642 Å². The van der Waals surface area contributed by atoms with Crippen molar-refractivity contribution in [1.29, 1.82) is 0 Å². The third kappa shape index (κ3) is 23.3. The summed E-state index contributed by atoms with van der Waals surface area (Å²) >= 11 is 0. The summed E-state index contributed by atoms with van der Waals surface area (Å²) in [5.41, 5.74) is 1.09. The van der Waals surface area contributed by atoms with Crippen LogP contribution in [0.4, 0.5) is 4.39 Å². The predicted molar refractivity (Wildman–Crippen MR) is 393 cm³/mol. The normalized spacial score (nSPS) is 19.5. The number of ketones is 1. The molecule has 0 spiro atoms. The monoisotopic (exact) mass is 1550 g/mol. The minimum absolute atomic E-state index is 0.0173. The van der Waals surface area contributed by atoms with Gasteiger partial charge in [0.15, 0.2) is 11.4 Å². The van der Waals surface area contributed by atoms with Crippen LogP contribution in [0, 0.1) is 30.5 Å². The summed E-state index contributed by atoms with van der Waals surface area (Å²) in [5, 5.41) is 27.7. The SMILES string of the molecule is CC[C@@]1(O)C(=O)OCc2c1cc1n(c2=O)Cc2c-1nc1cc(F)c(C)c3c1c2[C@@H](CC(=O)C1(OCNC(=O)CNC(=O)[C@H](Cc2ccccc2)NC(=O)CNC(=O)CNC(=O)COCCOCCOCCOCCOCCOCCOCCOCCOCCNC(=O)C2CCC(CN4C(=O)CC(C)C4=O)CC2)CC1)CC3. The second-order valence-corrected chi connectivity index (χ2v) is 28.5. The first-order chi connectivity index (χ1) is 53.7. The van der Waals surface area contributed by atoms with Crippen molar-refractivity contribution in [2.75, 3.05) is 158 Å². The van der Waals surface area contributed by atoms with Gasteiger partial charge in [0.25, 0.3) is 5.56 Å². The molecule has 1 unspecified atom stereocenters. The second-order valence-electron chi connectivity index (χ2n) is 28.5. The van der Waals surface area contributed by atoms with Crippen molar-refractivity contribution in [2.45, 2.75) is 134 Å². The van der Waals surface area contributed by atoms with E-state index in [2.05, 4.69) is 31.9 Å². The number of aromatic nitrogens is 2. The fraction of sp³-hybridized carbons (Fsp3) is 0.615. The molecule has 32 nitrogen and oxygen atoms in total. The first-order valence-corrected chi connectivity index (χ1v) is 38.4. The number of pyridine rings is 2.